The van der Waals surface area contributed by atoms with Crippen molar-refractivity contribution in [3.05, 3.63) is 11.6 Å². The molecule has 1 fully saturated rings. The van der Waals surface area contributed by atoms with Crippen LogP contribution in [0.4, 0.5) is 0 Å². The summed E-state index contributed by atoms with van der Waals surface area (Å²) < 4.78 is 4.87. The van der Waals surface area contributed by atoms with Crippen LogP contribution in [0.3, 0.4) is 0 Å². The second-order valence-corrected chi connectivity index (χ2v) is 5.11. The minimum atomic E-state index is -0.461. The quantitative estimate of drug-likeness (QED) is 0.782. The van der Waals surface area contributed by atoms with E-state index in [9.17, 15) is 4.79 Å². The van der Waals surface area contributed by atoms with Crippen LogP contribution in [0.15, 0.2) is 0 Å². The number of piperidine rings is 1. The van der Waals surface area contributed by atoms with Gasteiger partial charge in [0.15, 0.2) is 0 Å². The topological polar surface area (TPSA) is 79.9 Å². The lowest BCUT2D eigenvalue weighted by atomic mass is 9.85. The maximum atomic E-state index is 11.5. The molecule has 6 nitrogen and oxygen atoms in total. The molecule has 0 amide bonds. The number of esters is 1. The molecule has 1 aliphatic rings. The number of aromatic nitrogens is 3. The summed E-state index contributed by atoms with van der Waals surface area (Å²) in [6.45, 7) is 6.53. The molecular weight excluding hydrogens is 244 g/mol. The van der Waals surface area contributed by atoms with Gasteiger partial charge in [0.25, 0.3) is 5.82 Å². The predicted molar refractivity (Wildman–Crippen MR) is 70.8 cm³/mol. The lowest BCUT2D eigenvalue weighted by molar-refractivity contribution is 0.0512. The largest absolute Gasteiger partial charge is 0.460 e. The molecular formula is C13H22N4O2. The van der Waals surface area contributed by atoms with Gasteiger partial charge in [-0.15, -0.1) is 5.10 Å². The zero-order chi connectivity index (χ0) is 13.7. The third kappa shape index (κ3) is 3.76. The number of aromatic amines is 1. The van der Waals surface area contributed by atoms with Crippen molar-refractivity contribution in [2.24, 2.45) is 11.8 Å². The van der Waals surface area contributed by atoms with Crippen LogP contribution in [0.25, 0.3) is 0 Å². The van der Waals surface area contributed by atoms with E-state index in [1.165, 1.54) is 12.8 Å². The van der Waals surface area contributed by atoms with E-state index in [4.69, 9.17) is 4.74 Å². The Kier molecular flexibility index (Phi) is 4.90. The van der Waals surface area contributed by atoms with Gasteiger partial charge in [-0.25, -0.2) is 9.78 Å². The van der Waals surface area contributed by atoms with E-state index in [-0.39, 0.29) is 5.82 Å². The van der Waals surface area contributed by atoms with Crippen LogP contribution in [-0.4, -0.2) is 40.8 Å². The van der Waals surface area contributed by atoms with E-state index in [2.05, 4.69) is 27.4 Å². The van der Waals surface area contributed by atoms with Crippen molar-refractivity contribution >= 4 is 5.97 Å². The fraction of sp³-hybridized carbons (Fsp3) is 0.769. The molecule has 2 atom stereocenters. The number of carbonyl (C=O) groups excluding carboxylic acids is 1. The SMILES string of the molecule is CCOC(=O)c1n[nH]c(CC(C)C2CCCNC2)n1. The first-order valence-corrected chi connectivity index (χ1v) is 6.99. The Balaban J connectivity index is 1.90. The Labute approximate surface area is 113 Å². The van der Waals surface area contributed by atoms with Crippen LogP contribution in [0.2, 0.25) is 0 Å². The van der Waals surface area contributed by atoms with E-state index in [0.29, 0.717) is 18.4 Å². The molecule has 0 aliphatic carbocycles. The van der Waals surface area contributed by atoms with Crippen LogP contribution < -0.4 is 5.32 Å². The molecule has 2 N–H and O–H groups in total. The molecule has 0 spiro atoms. The van der Waals surface area contributed by atoms with Gasteiger partial charge in [-0.1, -0.05) is 6.92 Å². The highest BCUT2D eigenvalue weighted by molar-refractivity contribution is 5.84. The van der Waals surface area contributed by atoms with Crippen molar-refractivity contribution in [3.8, 4) is 0 Å². The molecule has 0 radical (unpaired) electrons. The summed E-state index contributed by atoms with van der Waals surface area (Å²) in [7, 11) is 0. The molecule has 0 aromatic carbocycles. The van der Waals surface area contributed by atoms with Gasteiger partial charge in [-0.2, -0.15) is 0 Å². The van der Waals surface area contributed by atoms with Crippen LogP contribution >= 0.6 is 0 Å². The van der Waals surface area contributed by atoms with Crippen molar-refractivity contribution in [1.82, 2.24) is 20.5 Å². The van der Waals surface area contributed by atoms with Crippen molar-refractivity contribution < 1.29 is 9.53 Å². The Bertz CT molecular complexity index is 413. The third-order valence-corrected chi connectivity index (χ3v) is 3.64. The summed E-state index contributed by atoms with van der Waals surface area (Å²) >= 11 is 0. The highest BCUT2D eigenvalue weighted by Crippen LogP contribution is 2.22. The molecule has 0 saturated carbocycles. The monoisotopic (exact) mass is 266 g/mol. The molecule has 2 unspecified atom stereocenters. The number of hydrogen-bond acceptors (Lipinski definition) is 5. The smallest absolute Gasteiger partial charge is 0.378 e. The predicted octanol–water partition coefficient (Wildman–Crippen LogP) is 1.16. The highest BCUT2D eigenvalue weighted by Gasteiger charge is 2.22. The highest BCUT2D eigenvalue weighted by atomic mass is 16.5. The number of rotatable bonds is 5. The van der Waals surface area contributed by atoms with Gasteiger partial charge >= 0.3 is 5.97 Å². The summed E-state index contributed by atoms with van der Waals surface area (Å²) in [4.78, 5) is 15.7. The number of hydrogen-bond donors (Lipinski definition) is 2. The molecule has 6 heteroatoms. The standard InChI is InChI=1S/C13H22N4O2/c1-3-19-13(18)12-15-11(16-17-12)7-9(2)10-5-4-6-14-8-10/h9-10,14H,3-8H2,1-2H3,(H,15,16,17). The summed E-state index contributed by atoms with van der Waals surface area (Å²) in [6.07, 6.45) is 3.31. The summed E-state index contributed by atoms with van der Waals surface area (Å²) in [6, 6.07) is 0. The average molecular weight is 266 g/mol. The van der Waals surface area contributed by atoms with Gasteiger partial charge in [0.05, 0.1) is 6.61 Å². The fourth-order valence-corrected chi connectivity index (χ4v) is 2.51. The van der Waals surface area contributed by atoms with E-state index in [0.717, 1.165) is 25.3 Å². The Morgan fingerprint density at radius 2 is 2.42 bits per heavy atom. The summed E-state index contributed by atoms with van der Waals surface area (Å²) in [5, 5.41) is 10.2. The molecule has 19 heavy (non-hydrogen) atoms. The van der Waals surface area contributed by atoms with Gasteiger partial charge in [-0.05, 0) is 44.7 Å². The van der Waals surface area contributed by atoms with E-state index >= 15 is 0 Å². The van der Waals surface area contributed by atoms with Gasteiger partial charge in [-0.3, -0.25) is 5.10 Å². The molecule has 2 rings (SSSR count). The molecule has 1 aromatic rings. The van der Waals surface area contributed by atoms with Crippen LogP contribution in [0.1, 0.15) is 43.1 Å². The summed E-state index contributed by atoms with van der Waals surface area (Å²) in [5.41, 5.74) is 0. The molecule has 1 aromatic heterocycles. The van der Waals surface area contributed by atoms with Crippen LogP contribution in [0, 0.1) is 11.8 Å². The minimum absolute atomic E-state index is 0.130. The van der Waals surface area contributed by atoms with E-state index in [1.807, 2.05) is 0 Å². The first kappa shape index (κ1) is 14.0. The fourth-order valence-electron chi connectivity index (χ4n) is 2.51. The molecule has 1 aliphatic heterocycles. The van der Waals surface area contributed by atoms with Crippen molar-refractivity contribution in [2.45, 2.75) is 33.1 Å². The third-order valence-electron chi connectivity index (χ3n) is 3.64. The zero-order valence-electron chi connectivity index (χ0n) is 11.6. The minimum Gasteiger partial charge on any atom is -0.460 e. The molecule has 2 heterocycles. The Morgan fingerprint density at radius 1 is 1.58 bits per heavy atom. The number of nitrogens with zero attached hydrogens (tertiary/aromatic N) is 2. The van der Waals surface area contributed by atoms with Crippen molar-refractivity contribution in [1.29, 1.82) is 0 Å². The van der Waals surface area contributed by atoms with Crippen LogP contribution in [0.5, 0.6) is 0 Å². The van der Waals surface area contributed by atoms with E-state index < -0.39 is 5.97 Å². The second-order valence-electron chi connectivity index (χ2n) is 5.11. The van der Waals surface area contributed by atoms with Gasteiger partial charge < -0.3 is 10.1 Å². The normalized spacial score (nSPS) is 21.1. The lowest BCUT2D eigenvalue weighted by Crippen LogP contribution is -2.34. The van der Waals surface area contributed by atoms with Gasteiger partial charge in [0, 0.05) is 6.42 Å². The van der Waals surface area contributed by atoms with Gasteiger partial charge in [0.1, 0.15) is 5.82 Å². The van der Waals surface area contributed by atoms with E-state index in [1.54, 1.807) is 6.92 Å². The molecule has 1 saturated heterocycles. The Morgan fingerprint density at radius 3 is 3.11 bits per heavy atom. The van der Waals surface area contributed by atoms with Crippen LogP contribution in [-0.2, 0) is 11.2 Å². The van der Waals surface area contributed by atoms with Crippen molar-refractivity contribution in [2.75, 3.05) is 19.7 Å². The average Bonchev–Trinajstić information content (AvgIpc) is 2.88. The van der Waals surface area contributed by atoms with Crippen molar-refractivity contribution in [3.63, 3.8) is 0 Å². The number of H-pyrrole nitrogens is 1. The molecule has 106 valence electrons. The Hall–Kier alpha value is -1.43. The summed E-state index contributed by atoms with van der Waals surface area (Å²) in [5.74, 6) is 1.63. The second kappa shape index (κ2) is 6.65. The number of carbonyl (C=O) groups is 1. The number of nitrogens with one attached hydrogen (secondary N) is 2. The lowest BCUT2D eigenvalue weighted by Gasteiger charge is -2.27. The molecule has 0 bridgehead atoms. The van der Waals surface area contributed by atoms with Gasteiger partial charge in [0.2, 0.25) is 0 Å². The number of ether oxygens (including phenoxy) is 1. The zero-order valence-corrected chi connectivity index (χ0v) is 11.6. The maximum absolute atomic E-state index is 11.5. The first-order valence-electron chi connectivity index (χ1n) is 6.99. The first-order chi connectivity index (χ1) is 9.20. The maximum Gasteiger partial charge on any atom is 0.378 e.